The topological polar surface area (TPSA) is 53.2 Å². The first-order valence-corrected chi connectivity index (χ1v) is 8.25. The number of anilines is 2. The minimum atomic E-state index is -0.223. The van der Waals surface area contributed by atoms with Gasteiger partial charge in [-0.1, -0.05) is 0 Å². The fraction of sp³-hybridized carbons (Fsp3) is 0.154. The lowest BCUT2D eigenvalue weighted by molar-refractivity contribution is 0.254. The van der Waals surface area contributed by atoms with Crippen LogP contribution in [0, 0.1) is 0 Å². The molecule has 0 unspecified atom stereocenters. The van der Waals surface area contributed by atoms with Crippen molar-refractivity contribution in [3.05, 3.63) is 43.5 Å². The second-order valence-electron chi connectivity index (χ2n) is 3.97. The highest BCUT2D eigenvalue weighted by Crippen LogP contribution is 2.32. The summed E-state index contributed by atoms with van der Waals surface area (Å²) in [5.41, 5.74) is 1.77. The molecule has 4 nitrogen and oxygen atoms in total. The van der Waals surface area contributed by atoms with Crippen LogP contribution in [0.15, 0.2) is 38.6 Å². The Morgan fingerprint density at radius 2 is 1.85 bits per heavy atom. The number of carbonyl (C=O) groups excluding carboxylic acids is 1. The van der Waals surface area contributed by atoms with Gasteiger partial charge >= 0.3 is 6.03 Å². The maximum absolute atomic E-state index is 11.2. The minimum Gasteiger partial charge on any atom is -0.380 e. The van der Waals surface area contributed by atoms with Crippen LogP contribution in [0.1, 0.15) is 4.88 Å². The summed E-state index contributed by atoms with van der Waals surface area (Å²) in [5.74, 6) is 0. The fourth-order valence-corrected chi connectivity index (χ4v) is 3.65. The number of halogens is 2. The molecule has 0 fully saturated rings. The largest absolute Gasteiger partial charge is 0.380 e. The zero-order valence-electron chi connectivity index (χ0n) is 10.7. The standard InChI is InChI=1S/C13H13Br2N3OS/c1-16-13(19)18-9-4-2-8(3-5-9)17-7-10-6-11(14)12(15)20-10/h2-6,17H,7H2,1H3,(H2,16,18,19). The maximum Gasteiger partial charge on any atom is 0.318 e. The van der Waals surface area contributed by atoms with Crippen molar-refractivity contribution in [3.63, 3.8) is 0 Å². The summed E-state index contributed by atoms with van der Waals surface area (Å²) in [5, 5.41) is 8.56. The molecular weight excluding hydrogens is 406 g/mol. The van der Waals surface area contributed by atoms with Gasteiger partial charge in [0.05, 0.1) is 3.79 Å². The van der Waals surface area contributed by atoms with Gasteiger partial charge in [0, 0.05) is 34.3 Å². The molecule has 7 heteroatoms. The van der Waals surface area contributed by atoms with Crippen LogP contribution in [0.2, 0.25) is 0 Å². The van der Waals surface area contributed by atoms with Crippen molar-refractivity contribution in [2.75, 3.05) is 17.7 Å². The molecule has 1 aromatic heterocycles. The molecular formula is C13H13Br2N3OS. The first kappa shape index (κ1) is 15.3. The van der Waals surface area contributed by atoms with Crippen LogP contribution in [-0.4, -0.2) is 13.1 Å². The van der Waals surface area contributed by atoms with Gasteiger partial charge in [-0.2, -0.15) is 0 Å². The van der Waals surface area contributed by atoms with E-state index < -0.39 is 0 Å². The van der Waals surface area contributed by atoms with Crippen LogP contribution in [0.4, 0.5) is 16.2 Å². The molecule has 2 amide bonds. The Bertz CT molecular complexity index is 579. The van der Waals surface area contributed by atoms with E-state index in [4.69, 9.17) is 0 Å². The molecule has 0 saturated carbocycles. The summed E-state index contributed by atoms with van der Waals surface area (Å²) < 4.78 is 2.17. The molecule has 1 aromatic carbocycles. The lowest BCUT2D eigenvalue weighted by Gasteiger charge is -2.07. The van der Waals surface area contributed by atoms with E-state index in [9.17, 15) is 4.79 Å². The first-order chi connectivity index (χ1) is 9.58. The van der Waals surface area contributed by atoms with Crippen molar-refractivity contribution in [2.45, 2.75) is 6.54 Å². The predicted octanol–water partition coefficient (Wildman–Crippen LogP) is 4.64. The van der Waals surface area contributed by atoms with E-state index in [0.717, 1.165) is 26.2 Å². The maximum atomic E-state index is 11.2. The SMILES string of the molecule is CNC(=O)Nc1ccc(NCc2cc(Br)c(Br)s2)cc1. The molecule has 0 radical (unpaired) electrons. The molecule has 0 aliphatic carbocycles. The lowest BCUT2D eigenvalue weighted by atomic mass is 10.3. The molecule has 106 valence electrons. The average Bonchev–Trinajstić information content (AvgIpc) is 2.77. The van der Waals surface area contributed by atoms with Gasteiger partial charge in [0.25, 0.3) is 0 Å². The van der Waals surface area contributed by atoms with Crippen LogP contribution in [0.25, 0.3) is 0 Å². The van der Waals surface area contributed by atoms with E-state index in [2.05, 4.69) is 53.9 Å². The molecule has 0 aliphatic rings. The number of urea groups is 1. The first-order valence-electron chi connectivity index (χ1n) is 5.85. The van der Waals surface area contributed by atoms with Gasteiger partial charge in [-0.05, 0) is 62.2 Å². The molecule has 0 bridgehead atoms. The predicted molar refractivity (Wildman–Crippen MR) is 91.6 cm³/mol. The summed E-state index contributed by atoms with van der Waals surface area (Å²) >= 11 is 8.64. The highest BCUT2D eigenvalue weighted by Gasteiger charge is 2.04. The molecule has 0 spiro atoms. The molecule has 20 heavy (non-hydrogen) atoms. The van der Waals surface area contributed by atoms with Gasteiger partial charge in [-0.15, -0.1) is 11.3 Å². The van der Waals surface area contributed by atoms with Crippen molar-refractivity contribution < 1.29 is 4.79 Å². The minimum absolute atomic E-state index is 0.223. The van der Waals surface area contributed by atoms with Gasteiger partial charge in [0.2, 0.25) is 0 Å². The Kier molecular flexibility index (Phi) is 5.45. The Morgan fingerprint density at radius 1 is 1.20 bits per heavy atom. The molecule has 2 rings (SSSR count). The fourth-order valence-electron chi connectivity index (χ4n) is 1.53. The van der Waals surface area contributed by atoms with E-state index in [1.807, 2.05) is 24.3 Å². The van der Waals surface area contributed by atoms with Crippen molar-refractivity contribution in [2.24, 2.45) is 0 Å². The lowest BCUT2D eigenvalue weighted by Crippen LogP contribution is -2.24. The van der Waals surface area contributed by atoms with E-state index >= 15 is 0 Å². The smallest absolute Gasteiger partial charge is 0.318 e. The van der Waals surface area contributed by atoms with Gasteiger partial charge in [-0.3, -0.25) is 0 Å². The average molecular weight is 419 g/mol. The second-order valence-corrected chi connectivity index (χ2v) is 7.28. The van der Waals surface area contributed by atoms with Gasteiger partial charge in [0.1, 0.15) is 0 Å². The van der Waals surface area contributed by atoms with E-state index in [1.165, 1.54) is 4.88 Å². The van der Waals surface area contributed by atoms with Crippen molar-refractivity contribution >= 4 is 60.6 Å². The van der Waals surface area contributed by atoms with Crippen molar-refractivity contribution in [1.82, 2.24) is 5.32 Å². The monoisotopic (exact) mass is 417 g/mol. The summed E-state index contributed by atoms with van der Waals surface area (Å²) in [4.78, 5) is 12.4. The van der Waals surface area contributed by atoms with Crippen LogP contribution >= 0.6 is 43.2 Å². The molecule has 2 aromatic rings. The number of benzene rings is 1. The third-order valence-corrected chi connectivity index (χ3v) is 5.79. The number of nitrogens with one attached hydrogen (secondary N) is 3. The summed E-state index contributed by atoms with van der Waals surface area (Å²) in [6.07, 6.45) is 0. The molecule has 0 atom stereocenters. The van der Waals surface area contributed by atoms with Gasteiger partial charge in [-0.25, -0.2) is 4.79 Å². The molecule has 0 aliphatic heterocycles. The van der Waals surface area contributed by atoms with Gasteiger partial charge < -0.3 is 16.0 Å². The highest BCUT2D eigenvalue weighted by atomic mass is 79.9. The van der Waals surface area contributed by atoms with Crippen molar-refractivity contribution in [3.8, 4) is 0 Å². The number of hydrogen-bond acceptors (Lipinski definition) is 3. The Balaban J connectivity index is 1.92. The van der Waals surface area contributed by atoms with Crippen LogP contribution in [0.3, 0.4) is 0 Å². The normalized spacial score (nSPS) is 10.2. The zero-order valence-corrected chi connectivity index (χ0v) is 14.7. The van der Waals surface area contributed by atoms with Gasteiger partial charge in [0.15, 0.2) is 0 Å². The number of hydrogen-bond donors (Lipinski definition) is 3. The number of thiophene rings is 1. The number of rotatable bonds is 4. The van der Waals surface area contributed by atoms with Crippen LogP contribution in [0.5, 0.6) is 0 Å². The summed E-state index contributed by atoms with van der Waals surface area (Å²) in [6, 6.07) is 9.45. The van der Waals surface area contributed by atoms with Crippen molar-refractivity contribution in [1.29, 1.82) is 0 Å². The third-order valence-electron chi connectivity index (χ3n) is 2.53. The Labute approximate surface area is 138 Å². The van der Waals surface area contributed by atoms with E-state index in [1.54, 1.807) is 18.4 Å². The summed E-state index contributed by atoms with van der Waals surface area (Å²) in [6.45, 7) is 0.761. The van der Waals surface area contributed by atoms with E-state index in [-0.39, 0.29) is 6.03 Å². The Morgan fingerprint density at radius 3 is 2.40 bits per heavy atom. The number of carbonyl (C=O) groups is 1. The summed E-state index contributed by atoms with van der Waals surface area (Å²) in [7, 11) is 1.59. The second kappa shape index (κ2) is 7.10. The molecule has 3 N–H and O–H groups in total. The van der Waals surface area contributed by atoms with Crippen LogP contribution < -0.4 is 16.0 Å². The Hall–Kier alpha value is -1.05. The highest BCUT2D eigenvalue weighted by molar-refractivity contribution is 9.13. The number of amides is 2. The molecule has 0 saturated heterocycles. The quantitative estimate of drug-likeness (QED) is 0.677. The van der Waals surface area contributed by atoms with E-state index in [0.29, 0.717) is 0 Å². The molecule has 1 heterocycles. The third kappa shape index (κ3) is 4.22. The zero-order chi connectivity index (χ0) is 14.5. The van der Waals surface area contributed by atoms with Crippen LogP contribution in [-0.2, 0) is 6.54 Å².